The second-order valence-corrected chi connectivity index (χ2v) is 6.82. The van der Waals surface area contributed by atoms with Gasteiger partial charge in [0.2, 0.25) is 0 Å². The van der Waals surface area contributed by atoms with Gasteiger partial charge in [0.15, 0.2) is 5.79 Å². The number of unbranched alkanes of at least 4 members (excludes halogenated alkanes) is 1. The molecular formula is C20H28N2O2. The van der Waals surface area contributed by atoms with Crippen molar-refractivity contribution in [1.82, 2.24) is 9.55 Å². The van der Waals surface area contributed by atoms with E-state index in [0.29, 0.717) is 13.2 Å². The summed E-state index contributed by atoms with van der Waals surface area (Å²) in [4.78, 5) is 4.14. The highest BCUT2D eigenvalue weighted by atomic mass is 16.7. The van der Waals surface area contributed by atoms with Crippen LogP contribution in [0.3, 0.4) is 0 Å². The highest BCUT2D eigenvalue weighted by molar-refractivity contribution is 5.21. The highest BCUT2D eigenvalue weighted by Gasteiger charge is 2.41. The maximum absolute atomic E-state index is 6.40. The Labute approximate surface area is 144 Å². The second kappa shape index (κ2) is 7.95. The molecule has 0 radical (unpaired) electrons. The molecule has 0 saturated carbocycles. The number of aromatic nitrogens is 2. The summed E-state index contributed by atoms with van der Waals surface area (Å²) in [5.74, 6) is -0.538. The summed E-state index contributed by atoms with van der Waals surface area (Å²) in [6.07, 6.45) is 11.1. The molecule has 0 amide bonds. The minimum Gasteiger partial charge on any atom is -0.345 e. The van der Waals surface area contributed by atoms with Gasteiger partial charge in [-0.05, 0) is 25.3 Å². The largest absolute Gasteiger partial charge is 0.345 e. The van der Waals surface area contributed by atoms with Crippen LogP contribution in [0.25, 0.3) is 0 Å². The Balaban J connectivity index is 1.66. The molecule has 0 N–H and O–H groups in total. The Morgan fingerprint density at radius 3 is 2.83 bits per heavy atom. The molecule has 2 unspecified atom stereocenters. The molecule has 1 saturated heterocycles. The van der Waals surface area contributed by atoms with Crippen LogP contribution in [0.15, 0.2) is 43.0 Å². The van der Waals surface area contributed by atoms with Crippen molar-refractivity contribution < 1.29 is 9.47 Å². The van der Waals surface area contributed by atoms with Crippen molar-refractivity contribution in [1.29, 1.82) is 0 Å². The number of aryl methyl sites for hydroxylation is 2. The fourth-order valence-corrected chi connectivity index (χ4v) is 3.23. The van der Waals surface area contributed by atoms with E-state index in [1.165, 1.54) is 24.0 Å². The zero-order valence-corrected chi connectivity index (χ0v) is 14.8. The first-order valence-corrected chi connectivity index (χ1v) is 9.02. The van der Waals surface area contributed by atoms with E-state index in [1.54, 1.807) is 6.20 Å². The summed E-state index contributed by atoms with van der Waals surface area (Å²) in [7, 11) is 0. The van der Waals surface area contributed by atoms with Crippen LogP contribution in [0, 0.1) is 6.92 Å². The fourth-order valence-electron chi connectivity index (χ4n) is 3.23. The molecule has 0 spiro atoms. The van der Waals surface area contributed by atoms with Crippen LogP contribution in [-0.2, 0) is 22.4 Å². The van der Waals surface area contributed by atoms with E-state index in [9.17, 15) is 0 Å². The highest BCUT2D eigenvalue weighted by Crippen LogP contribution is 2.32. The summed E-state index contributed by atoms with van der Waals surface area (Å²) in [5.41, 5.74) is 2.62. The molecule has 1 aromatic carbocycles. The van der Waals surface area contributed by atoms with Crippen molar-refractivity contribution in [2.24, 2.45) is 0 Å². The Bertz CT molecular complexity index is 609. The third-order valence-electron chi connectivity index (χ3n) is 4.69. The lowest BCUT2D eigenvalue weighted by molar-refractivity contribution is -0.182. The quantitative estimate of drug-likeness (QED) is 0.731. The molecule has 4 heteroatoms. The first kappa shape index (κ1) is 17.2. The van der Waals surface area contributed by atoms with Crippen molar-refractivity contribution >= 4 is 0 Å². The molecule has 2 atom stereocenters. The van der Waals surface area contributed by atoms with Crippen molar-refractivity contribution in [2.75, 3.05) is 6.61 Å². The van der Waals surface area contributed by atoms with Crippen LogP contribution >= 0.6 is 0 Å². The van der Waals surface area contributed by atoms with E-state index in [2.05, 4.69) is 47.7 Å². The normalized spacial score (nSPS) is 23.7. The average molecular weight is 328 g/mol. The van der Waals surface area contributed by atoms with E-state index in [-0.39, 0.29) is 6.10 Å². The maximum Gasteiger partial charge on any atom is 0.187 e. The molecular weight excluding hydrogens is 300 g/mol. The van der Waals surface area contributed by atoms with E-state index in [0.717, 1.165) is 19.3 Å². The molecule has 0 aliphatic carbocycles. The van der Waals surface area contributed by atoms with Gasteiger partial charge in [-0.1, -0.05) is 49.6 Å². The third kappa shape index (κ3) is 4.46. The van der Waals surface area contributed by atoms with E-state index in [1.807, 2.05) is 12.5 Å². The third-order valence-corrected chi connectivity index (χ3v) is 4.69. The molecule has 3 rings (SSSR count). The summed E-state index contributed by atoms with van der Waals surface area (Å²) in [6.45, 7) is 5.72. The molecule has 1 fully saturated rings. The van der Waals surface area contributed by atoms with Crippen molar-refractivity contribution in [3.05, 3.63) is 54.1 Å². The topological polar surface area (TPSA) is 36.3 Å². The number of rotatable bonds is 8. The SMILES string of the molecule is CCCCC1COC(CCc2ccc(C)cc2)(Cn2ccnc2)O1. The van der Waals surface area contributed by atoms with Gasteiger partial charge in [-0.2, -0.15) is 0 Å². The van der Waals surface area contributed by atoms with Gasteiger partial charge < -0.3 is 14.0 Å². The Kier molecular flexibility index (Phi) is 5.69. The van der Waals surface area contributed by atoms with Crippen molar-refractivity contribution in [3.8, 4) is 0 Å². The molecule has 130 valence electrons. The number of hydrogen-bond acceptors (Lipinski definition) is 3. The van der Waals surface area contributed by atoms with Crippen molar-refractivity contribution in [3.63, 3.8) is 0 Å². The molecule has 2 aromatic rings. The monoisotopic (exact) mass is 328 g/mol. The first-order valence-electron chi connectivity index (χ1n) is 9.02. The van der Waals surface area contributed by atoms with Gasteiger partial charge in [0.05, 0.1) is 25.6 Å². The van der Waals surface area contributed by atoms with Crippen molar-refractivity contribution in [2.45, 2.75) is 64.4 Å². The Hall–Kier alpha value is -1.65. The van der Waals surface area contributed by atoms with Crippen LogP contribution in [0.5, 0.6) is 0 Å². The van der Waals surface area contributed by atoms with Crippen LogP contribution in [0.1, 0.15) is 43.7 Å². The Morgan fingerprint density at radius 1 is 1.29 bits per heavy atom. The molecule has 4 nitrogen and oxygen atoms in total. The smallest absolute Gasteiger partial charge is 0.187 e. The summed E-state index contributed by atoms with van der Waals surface area (Å²) in [5, 5.41) is 0. The minimum absolute atomic E-state index is 0.214. The fraction of sp³-hybridized carbons (Fsp3) is 0.550. The number of nitrogens with zero attached hydrogens (tertiary/aromatic N) is 2. The van der Waals surface area contributed by atoms with Crippen LogP contribution in [-0.4, -0.2) is 28.0 Å². The standard InChI is InChI=1S/C20H28N2O2/c1-3-4-5-19-14-23-20(24-19,15-22-13-12-21-16-22)11-10-18-8-6-17(2)7-9-18/h6-9,12-13,16,19H,3-5,10-11,14-15H2,1-2H3. The molecule has 24 heavy (non-hydrogen) atoms. The maximum atomic E-state index is 6.40. The van der Waals surface area contributed by atoms with E-state index < -0.39 is 5.79 Å². The zero-order chi connectivity index (χ0) is 16.8. The van der Waals surface area contributed by atoms with Gasteiger partial charge in [0.1, 0.15) is 0 Å². The average Bonchev–Trinajstić information content (AvgIpc) is 3.23. The van der Waals surface area contributed by atoms with Gasteiger partial charge in [0.25, 0.3) is 0 Å². The number of hydrogen-bond donors (Lipinski definition) is 0. The summed E-state index contributed by atoms with van der Waals surface area (Å²) >= 11 is 0. The molecule has 0 bridgehead atoms. The minimum atomic E-state index is -0.538. The summed E-state index contributed by atoms with van der Waals surface area (Å²) in [6, 6.07) is 8.73. The lowest BCUT2D eigenvalue weighted by Crippen LogP contribution is -2.36. The number of ether oxygens (including phenoxy) is 2. The van der Waals surface area contributed by atoms with Crippen LogP contribution < -0.4 is 0 Å². The van der Waals surface area contributed by atoms with Gasteiger partial charge in [-0.3, -0.25) is 0 Å². The lowest BCUT2D eigenvalue weighted by Gasteiger charge is -2.28. The van der Waals surface area contributed by atoms with E-state index in [4.69, 9.17) is 9.47 Å². The predicted octanol–water partition coefficient (Wildman–Crippen LogP) is 4.13. The predicted molar refractivity (Wildman–Crippen MR) is 94.8 cm³/mol. The number of imidazole rings is 1. The number of benzene rings is 1. The molecule has 1 aromatic heterocycles. The first-order chi connectivity index (χ1) is 11.7. The molecule has 1 aliphatic rings. The van der Waals surface area contributed by atoms with E-state index >= 15 is 0 Å². The Morgan fingerprint density at radius 2 is 2.12 bits per heavy atom. The molecule has 1 aliphatic heterocycles. The van der Waals surface area contributed by atoms with Crippen LogP contribution in [0.4, 0.5) is 0 Å². The second-order valence-electron chi connectivity index (χ2n) is 6.82. The molecule has 2 heterocycles. The van der Waals surface area contributed by atoms with Gasteiger partial charge in [-0.25, -0.2) is 4.98 Å². The van der Waals surface area contributed by atoms with Crippen LogP contribution in [0.2, 0.25) is 0 Å². The van der Waals surface area contributed by atoms with Gasteiger partial charge >= 0.3 is 0 Å². The van der Waals surface area contributed by atoms with Gasteiger partial charge in [-0.15, -0.1) is 0 Å². The summed E-state index contributed by atoms with van der Waals surface area (Å²) < 4.78 is 14.7. The lowest BCUT2D eigenvalue weighted by atomic mass is 10.0. The van der Waals surface area contributed by atoms with Gasteiger partial charge in [0, 0.05) is 18.8 Å². The zero-order valence-electron chi connectivity index (χ0n) is 14.8.